The molecule has 0 unspecified atom stereocenters. The number of hydrogen-bond donors (Lipinski definition) is 0. The van der Waals surface area contributed by atoms with Crippen LogP contribution in [-0.2, 0) is 4.79 Å². The number of pyridine rings is 1. The van der Waals surface area contributed by atoms with Gasteiger partial charge in [-0.05, 0) is 37.1 Å². The van der Waals surface area contributed by atoms with Crippen LogP contribution >= 0.6 is 0 Å². The molecule has 2 amide bonds. The van der Waals surface area contributed by atoms with Crippen molar-refractivity contribution in [2.75, 3.05) is 50.8 Å². The summed E-state index contributed by atoms with van der Waals surface area (Å²) in [5.74, 6) is 1.91. The Morgan fingerprint density at radius 3 is 2.35 bits per heavy atom. The number of piperazine rings is 1. The molecule has 1 aromatic heterocycles. The zero-order valence-electron chi connectivity index (χ0n) is 17.4. The first kappa shape index (κ1) is 19.7. The van der Waals surface area contributed by atoms with Crippen LogP contribution in [0.25, 0.3) is 0 Å². The van der Waals surface area contributed by atoms with Crippen molar-refractivity contribution in [2.45, 2.75) is 18.9 Å². The topological polar surface area (TPSA) is 75.2 Å². The van der Waals surface area contributed by atoms with Crippen molar-refractivity contribution in [1.29, 1.82) is 0 Å². The van der Waals surface area contributed by atoms with E-state index in [0.717, 1.165) is 31.7 Å². The molecule has 2 fully saturated rings. The van der Waals surface area contributed by atoms with Gasteiger partial charge in [0.15, 0.2) is 11.5 Å². The molecule has 0 bridgehead atoms. The summed E-state index contributed by atoms with van der Waals surface area (Å²) in [6.45, 7) is 4.01. The Hall–Kier alpha value is -3.29. The smallest absolute Gasteiger partial charge is 0.267 e. The molecule has 162 valence electrons. The maximum Gasteiger partial charge on any atom is 0.267 e. The average molecular weight is 422 g/mol. The second-order valence-electron chi connectivity index (χ2n) is 8.05. The van der Waals surface area contributed by atoms with Gasteiger partial charge >= 0.3 is 0 Å². The van der Waals surface area contributed by atoms with E-state index in [2.05, 4.69) is 9.88 Å². The largest absolute Gasteiger partial charge is 0.485 e. The summed E-state index contributed by atoms with van der Waals surface area (Å²) < 4.78 is 11.5. The summed E-state index contributed by atoms with van der Waals surface area (Å²) in [4.78, 5) is 36.4. The van der Waals surface area contributed by atoms with Gasteiger partial charge in [0.1, 0.15) is 12.4 Å². The van der Waals surface area contributed by atoms with Crippen LogP contribution in [-0.4, -0.2) is 78.6 Å². The number of carbonyl (C=O) groups is 2. The van der Waals surface area contributed by atoms with Gasteiger partial charge in [0.2, 0.25) is 6.10 Å². The van der Waals surface area contributed by atoms with Gasteiger partial charge in [-0.25, -0.2) is 4.98 Å². The normalized spacial score (nSPS) is 20.6. The van der Waals surface area contributed by atoms with Crippen molar-refractivity contribution in [2.24, 2.45) is 0 Å². The lowest BCUT2D eigenvalue weighted by Gasteiger charge is -2.37. The third kappa shape index (κ3) is 3.89. The lowest BCUT2D eigenvalue weighted by molar-refractivity contribution is -0.142. The molecule has 0 aliphatic carbocycles. The minimum atomic E-state index is -0.655. The number of aromatic nitrogens is 1. The fourth-order valence-electron chi connectivity index (χ4n) is 4.39. The van der Waals surface area contributed by atoms with Gasteiger partial charge in [-0.15, -0.1) is 0 Å². The van der Waals surface area contributed by atoms with E-state index in [1.165, 1.54) is 0 Å². The van der Waals surface area contributed by atoms with E-state index in [9.17, 15) is 9.59 Å². The predicted octanol–water partition coefficient (Wildman–Crippen LogP) is 1.81. The highest BCUT2D eigenvalue weighted by molar-refractivity contribution is 5.99. The highest BCUT2D eigenvalue weighted by Gasteiger charge is 2.34. The second kappa shape index (κ2) is 8.45. The molecule has 8 heteroatoms. The number of fused-ring (bicyclic) bond motifs is 1. The second-order valence-corrected chi connectivity index (χ2v) is 8.05. The Kier molecular flexibility index (Phi) is 5.36. The molecule has 5 rings (SSSR count). The SMILES string of the molecule is O=C(c1cccnc1N1CCCC1)N1CCN(C(=O)[C@@H]2COc3ccccc3O2)CC1. The number of amides is 2. The fraction of sp³-hybridized carbons (Fsp3) is 0.435. The van der Waals surface area contributed by atoms with Gasteiger partial charge in [-0.1, -0.05) is 12.1 Å². The van der Waals surface area contributed by atoms with E-state index in [1.807, 2.05) is 35.2 Å². The van der Waals surface area contributed by atoms with Crippen LogP contribution < -0.4 is 14.4 Å². The molecule has 2 aromatic rings. The van der Waals surface area contributed by atoms with Crippen LogP contribution in [0.2, 0.25) is 0 Å². The first-order valence-electron chi connectivity index (χ1n) is 10.9. The van der Waals surface area contributed by atoms with E-state index < -0.39 is 6.10 Å². The minimum absolute atomic E-state index is 0.0201. The molecule has 0 radical (unpaired) electrons. The van der Waals surface area contributed by atoms with Crippen molar-refractivity contribution < 1.29 is 19.1 Å². The lowest BCUT2D eigenvalue weighted by atomic mass is 10.1. The van der Waals surface area contributed by atoms with Crippen LogP contribution in [0, 0.1) is 0 Å². The fourth-order valence-corrected chi connectivity index (χ4v) is 4.39. The van der Waals surface area contributed by atoms with E-state index in [4.69, 9.17) is 9.47 Å². The van der Waals surface area contributed by atoms with Crippen molar-refractivity contribution in [3.05, 3.63) is 48.2 Å². The number of ether oxygens (including phenoxy) is 2. The van der Waals surface area contributed by atoms with E-state index in [1.54, 1.807) is 17.2 Å². The summed E-state index contributed by atoms with van der Waals surface area (Å²) >= 11 is 0. The third-order valence-electron chi connectivity index (χ3n) is 6.09. The molecule has 3 aliphatic rings. The molecule has 1 atom stereocenters. The van der Waals surface area contributed by atoms with Crippen molar-refractivity contribution >= 4 is 17.6 Å². The summed E-state index contributed by atoms with van der Waals surface area (Å²) in [7, 11) is 0. The first-order valence-corrected chi connectivity index (χ1v) is 10.9. The Bertz CT molecular complexity index is 968. The molecule has 0 saturated carbocycles. The van der Waals surface area contributed by atoms with Gasteiger partial charge in [0, 0.05) is 45.5 Å². The number of carbonyl (C=O) groups excluding carboxylic acids is 2. The summed E-state index contributed by atoms with van der Waals surface area (Å²) in [5, 5.41) is 0. The Labute approximate surface area is 181 Å². The van der Waals surface area contributed by atoms with Gasteiger partial charge in [-0.2, -0.15) is 0 Å². The molecule has 1 aromatic carbocycles. The molecule has 3 aliphatic heterocycles. The van der Waals surface area contributed by atoms with Crippen molar-refractivity contribution in [3.8, 4) is 11.5 Å². The van der Waals surface area contributed by atoms with E-state index >= 15 is 0 Å². The zero-order valence-corrected chi connectivity index (χ0v) is 17.4. The first-order chi connectivity index (χ1) is 15.2. The minimum Gasteiger partial charge on any atom is -0.485 e. The van der Waals surface area contributed by atoms with E-state index in [0.29, 0.717) is 43.2 Å². The van der Waals surface area contributed by atoms with Crippen LogP contribution in [0.5, 0.6) is 11.5 Å². The molecular formula is C23H26N4O4. The summed E-state index contributed by atoms with van der Waals surface area (Å²) in [5.41, 5.74) is 0.643. The quantitative estimate of drug-likeness (QED) is 0.751. The van der Waals surface area contributed by atoms with Gasteiger partial charge in [0.05, 0.1) is 5.56 Å². The van der Waals surface area contributed by atoms with Gasteiger partial charge in [-0.3, -0.25) is 9.59 Å². The number of nitrogens with zero attached hydrogens (tertiary/aromatic N) is 4. The number of benzene rings is 1. The molecule has 4 heterocycles. The molecule has 0 N–H and O–H groups in total. The third-order valence-corrected chi connectivity index (χ3v) is 6.09. The van der Waals surface area contributed by atoms with Crippen LogP contribution in [0.4, 0.5) is 5.82 Å². The highest BCUT2D eigenvalue weighted by atomic mass is 16.6. The Balaban J connectivity index is 1.21. The summed E-state index contributed by atoms with van der Waals surface area (Å²) in [6.07, 6.45) is 3.34. The molecule has 8 nitrogen and oxygen atoms in total. The van der Waals surface area contributed by atoms with Crippen molar-refractivity contribution in [3.63, 3.8) is 0 Å². The maximum atomic E-state index is 13.2. The van der Waals surface area contributed by atoms with Gasteiger partial charge in [0.25, 0.3) is 11.8 Å². The number of hydrogen-bond acceptors (Lipinski definition) is 6. The highest BCUT2D eigenvalue weighted by Crippen LogP contribution is 2.31. The molecule has 2 saturated heterocycles. The Morgan fingerprint density at radius 2 is 1.58 bits per heavy atom. The van der Waals surface area contributed by atoms with Crippen molar-refractivity contribution in [1.82, 2.24) is 14.8 Å². The van der Waals surface area contributed by atoms with Crippen LogP contribution in [0.3, 0.4) is 0 Å². The number of para-hydroxylation sites is 2. The van der Waals surface area contributed by atoms with Gasteiger partial charge < -0.3 is 24.2 Å². The number of anilines is 1. The monoisotopic (exact) mass is 422 g/mol. The average Bonchev–Trinajstić information content (AvgIpc) is 3.38. The van der Waals surface area contributed by atoms with E-state index in [-0.39, 0.29) is 18.4 Å². The lowest BCUT2D eigenvalue weighted by Crippen LogP contribution is -2.55. The zero-order chi connectivity index (χ0) is 21.2. The number of rotatable bonds is 3. The predicted molar refractivity (Wildman–Crippen MR) is 115 cm³/mol. The molecule has 0 spiro atoms. The maximum absolute atomic E-state index is 13.2. The Morgan fingerprint density at radius 1 is 0.871 bits per heavy atom. The molecule has 31 heavy (non-hydrogen) atoms. The van der Waals surface area contributed by atoms with Crippen LogP contribution in [0.1, 0.15) is 23.2 Å². The standard InChI is InChI=1S/C23H26N4O4/c28-22(17-6-5-9-24-21(17)25-10-3-4-11-25)26-12-14-27(15-13-26)23(29)20-16-30-18-7-1-2-8-19(18)31-20/h1-2,5-9,20H,3-4,10-16H2/t20-/m0/s1. The molecular weight excluding hydrogens is 396 g/mol. The summed E-state index contributed by atoms with van der Waals surface area (Å²) in [6, 6.07) is 11.0. The van der Waals surface area contributed by atoms with Crippen LogP contribution in [0.15, 0.2) is 42.6 Å².